The van der Waals surface area contributed by atoms with Crippen molar-refractivity contribution in [2.45, 2.75) is 13.5 Å². The van der Waals surface area contributed by atoms with E-state index in [9.17, 15) is 9.59 Å². The van der Waals surface area contributed by atoms with Crippen LogP contribution in [0.25, 0.3) is 0 Å². The van der Waals surface area contributed by atoms with Gasteiger partial charge in [-0.2, -0.15) is 0 Å². The van der Waals surface area contributed by atoms with Gasteiger partial charge in [0, 0.05) is 42.1 Å². The SMILES string of the molecule is CCn1ccnc1C(=S)C(=O)N(C)c1ccc(Cl)cc1C(=O)c1ccccc1Cl. The number of aryl methyl sites for hydroxylation is 1. The molecule has 1 heterocycles. The molecule has 148 valence electrons. The summed E-state index contributed by atoms with van der Waals surface area (Å²) in [6.07, 6.45) is 3.34. The summed E-state index contributed by atoms with van der Waals surface area (Å²) in [5.74, 6) is -0.377. The summed E-state index contributed by atoms with van der Waals surface area (Å²) in [6.45, 7) is 2.56. The van der Waals surface area contributed by atoms with Gasteiger partial charge in [-0.1, -0.05) is 47.6 Å². The van der Waals surface area contributed by atoms with Crippen LogP contribution in [-0.2, 0) is 11.3 Å². The standard InChI is InChI=1S/C21H17Cl2N3O2S/c1-3-26-11-10-24-20(26)19(29)21(28)25(2)17-9-8-13(22)12-15(17)18(27)14-6-4-5-7-16(14)23/h4-12H,3H2,1-2H3. The van der Waals surface area contributed by atoms with Gasteiger partial charge in [0.15, 0.2) is 11.6 Å². The fourth-order valence-electron chi connectivity index (χ4n) is 2.90. The van der Waals surface area contributed by atoms with E-state index < -0.39 is 5.91 Å². The molecule has 0 aliphatic carbocycles. The number of rotatable bonds is 6. The molecule has 0 bridgehead atoms. The first-order valence-corrected chi connectivity index (χ1v) is 9.93. The van der Waals surface area contributed by atoms with E-state index in [0.717, 1.165) is 0 Å². The molecule has 0 radical (unpaired) electrons. The van der Waals surface area contributed by atoms with Gasteiger partial charge in [-0.15, -0.1) is 0 Å². The van der Waals surface area contributed by atoms with Crippen LogP contribution in [0.5, 0.6) is 0 Å². The fourth-order valence-corrected chi connectivity index (χ4v) is 3.60. The molecule has 0 fully saturated rings. The van der Waals surface area contributed by atoms with Crippen molar-refractivity contribution in [3.8, 4) is 0 Å². The maximum absolute atomic E-state index is 13.1. The monoisotopic (exact) mass is 445 g/mol. The van der Waals surface area contributed by atoms with E-state index in [1.807, 2.05) is 6.92 Å². The second kappa shape index (κ2) is 8.86. The van der Waals surface area contributed by atoms with Gasteiger partial charge in [-0.3, -0.25) is 9.59 Å². The van der Waals surface area contributed by atoms with E-state index in [-0.39, 0.29) is 16.2 Å². The Morgan fingerprint density at radius 2 is 1.86 bits per heavy atom. The Bertz CT molecular complexity index is 1110. The molecule has 5 nitrogen and oxygen atoms in total. The lowest BCUT2D eigenvalue weighted by Gasteiger charge is -2.21. The molecule has 0 N–H and O–H groups in total. The van der Waals surface area contributed by atoms with Crippen LogP contribution in [0.1, 0.15) is 28.7 Å². The van der Waals surface area contributed by atoms with E-state index in [0.29, 0.717) is 33.7 Å². The van der Waals surface area contributed by atoms with Crippen LogP contribution < -0.4 is 4.90 Å². The van der Waals surface area contributed by atoms with E-state index in [2.05, 4.69) is 4.98 Å². The minimum absolute atomic E-state index is 0.0606. The molecule has 0 spiro atoms. The van der Waals surface area contributed by atoms with Crippen LogP contribution in [0.2, 0.25) is 10.0 Å². The molecule has 3 aromatic rings. The van der Waals surface area contributed by atoms with Gasteiger partial charge >= 0.3 is 0 Å². The van der Waals surface area contributed by atoms with E-state index in [4.69, 9.17) is 35.4 Å². The molecule has 3 rings (SSSR count). The van der Waals surface area contributed by atoms with Crippen molar-refractivity contribution in [1.82, 2.24) is 9.55 Å². The number of hydrogen-bond acceptors (Lipinski definition) is 4. The van der Waals surface area contributed by atoms with Crippen LogP contribution in [0.15, 0.2) is 54.9 Å². The van der Waals surface area contributed by atoms with Crippen LogP contribution in [0, 0.1) is 0 Å². The number of aromatic nitrogens is 2. The number of halogens is 2. The van der Waals surface area contributed by atoms with Gasteiger partial charge in [-0.25, -0.2) is 4.98 Å². The highest BCUT2D eigenvalue weighted by Crippen LogP contribution is 2.29. The minimum atomic E-state index is -0.448. The maximum atomic E-state index is 13.1. The molecule has 1 aromatic heterocycles. The third-order valence-electron chi connectivity index (χ3n) is 4.44. The Hall–Kier alpha value is -2.54. The quantitative estimate of drug-likeness (QED) is 0.403. The zero-order valence-electron chi connectivity index (χ0n) is 15.7. The summed E-state index contributed by atoms with van der Waals surface area (Å²) in [5.41, 5.74) is 0.951. The number of amides is 1. The number of hydrogen-bond donors (Lipinski definition) is 0. The molecule has 2 aromatic carbocycles. The summed E-state index contributed by atoms with van der Waals surface area (Å²) in [7, 11) is 1.56. The highest BCUT2D eigenvalue weighted by atomic mass is 35.5. The molecule has 8 heteroatoms. The number of imidazole rings is 1. The Kier molecular flexibility index (Phi) is 6.47. The lowest BCUT2D eigenvalue weighted by atomic mass is 10.0. The van der Waals surface area contributed by atoms with E-state index >= 15 is 0 Å². The molecule has 0 atom stereocenters. The van der Waals surface area contributed by atoms with Crippen molar-refractivity contribution in [2.24, 2.45) is 0 Å². The molecule has 0 saturated carbocycles. The van der Waals surface area contributed by atoms with Crippen LogP contribution in [0.4, 0.5) is 5.69 Å². The van der Waals surface area contributed by atoms with Gasteiger partial charge in [0.05, 0.1) is 10.7 Å². The van der Waals surface area contributed by atoms with Crippen LogP contribution in [0.3, 0.4) is 0 Å². The molecule has 0 saturated heterocycles. The summed E-state index contributed by atoms with van der Waals surface area (Å²) in [4.78, 5) is 31.7. The third kappa shape index (κ3) is 4.24. The third-order valence-corrected chi connectivity index (χ3v) is 5.36. The second-order valence-electron chi connectivity index (χ2n) is 6.20. The average Bonchev–Trinajstić information content (AvgIpc) is 3.20. The predicted octanol–water partition coefficient (Wildman–Crippen LogP) is 4.82. The number of carbonyl (C=O) groups is 2. The lowest BCUT2D eigenvalue weighted by molar-refractivity contribution is -0.112. The first-order valence-electron chi connectivity index (χ1n) is 8.77. The smallest absolute Gasteiger partial charge is 0.272 e. The Labute approximate surface area is 183 Å². The van der Waals surface area contributed by atoms with Crippen molar-refractivity contribution in [2.75, 3.05) is 11.9 Å². The van der Waals surface area contributed by atoms with Gasteiger partial charge in [0.2, 0.25) is 0 Å². The van der Waals surface area contributed by atoms with Gasteiger partial charge in [0.25, 0.3) is 5.91 Å². The molecular formula is C21H17Cl2N3O2S. The molecule has 0 aliphatic rings. The van der Waals surface area contributed by atoms with Crippen molar-refractivity contribution in [3.05, 3.63) is 81.9 Å². The largest absolute Gasteiger partial charge is 0.330 e. The fraction of sp³-hybridized carbons (Fsp3) is 0.143. The van der Waals surface area contributed by atoms with Gasteiger partial charge in [-0.05, 0) is 37.3 Å². The molecule has 0 aliphatic heterocycles. The van der Waals surface area contributed by atoms with Crippen molar-refractivity contribution >= 4 is 57.7 Å². The van der Waals surface area contributed by atoms with Crippen molar-refractivity contribution in [1.29, 1.82) is 0 Å². The molecular weight excluding hydrogens is 429 g/mol. The summed E-state index contributed by atoms with van der Waals surface area (Å²) < 4.78 is 1.78. The number of anilines is 1. The zero-order chi connectivity index (χ0) is 21.1. The molecule has 0 unspecified atom stereocenters. The van der Waals surface area contributed by atoms with E-state index in [1.165, 1.54) is 11.0 Å². The number of thiocarbonyl (C=S) groups is 1. The predicted molar refractivity (Wildman–Crippen MR) is 119 cm³/mol. The van der Waals surface area contributed by atoms with Crippen LogP contribution in [-0.4, -0.2) is 33.2 Å². The highest BCUT2D eigenvalue weighted by Gasteiger charge is 2.25. The van der Waals surface area contributed by atoms with Gasteiger partial charge < -0.3 is 9.47 Å². The Balaban J connectivity index is 2.00. The van der Waals surface area contributed by atoms with Crippen LogP contribution >= 0.6 is 35.4 Å². The lowest BCUT2D eigenvalue weighted by Crippen LogP contribution is -2.35. The van der Waals surface area contributed by atoms with E-state index in [1.54, 1.807) is 60.4 Å². The summed E-state index contributed by atoms with van der Waals surface area (Å²) >= 11 is 17.7. The Morgan fingerprint density at radius 3 is 2.55 bits per heavy atom. The number of nitrogens with zero attached hydrogens (tertiary/aromatic N) is 3. The minimum Gasteiger partial charge on any atom is -0.330 e. The first-order chi connectivity index (χ1) is 13.8. The van der Waals surface area contributed by atoms with Crippen molar-refractivity contribution < 1.29 is 9.59 Å². The topological polar surface area (TPSA) is 55.2 Å². The van der Waals surface area contributed by atoms with Gasteiger partial charge in [0.1, 0.15) is 4.86 Å². The Morgan fingerprint density at radius 1 is 1.14 bits per heavy atom. The maximum Gasteiger partial charge on any atom is 0.272 e. The average molecular weight is 446 g/mol. The highest BCUT2D eigenvalue weighted by molar-refractivity contribution is 7.82. The summed E-state index contributed by atoms with van der Waals surface area (Å²) in [5, 5.41) is 0.687. The number of ketones is 1. The number of likely N-dealkylation sites (N-methyl/N-ethyl adjacent to an activating group) is 1. The zero-order valence-corrected chi connectivity index (χ0v) is 18.1. The molecule has 29 heavy (non-hydrogen) atoms. The second-order valence-corrected chi connectivity index (χ2v) is 7.45. The van der Waals surface area contributed by atoms with Crippen molar-refractivity contribution in [3.63, 3.8) is 0 Å². The normalized spacial score (nSPS) is 10.6. The first kappa shape index (κ1) is 21.2. The number of benzene rings is 2. The number of carbonyl (C=O) groups excluding carboxylic acids is 2. The summed E-state index contributed by atoms with van der Waals surface area (Å²) in [6, 6.07) is 11.5. The molecule has 1 amide bonds.